The molecule has 2 aromatic carbocycles. The molecule has 0 aliphatic carbocycles. The molecule has 39 heavy (non-hydrogen) atoms. The van der Waals surface area contributed by atoms with Crippen LogP contribution in [0.3, 0.4) is 0 Å². The van der Waals surface area contributed by atoms with Crippen LogP contribution >= 0.6 is 0 Å². The molecule has 1 aliphatic rings. The van der Waals surface area contributed by atoms with E-state index < -0.39 is 0 Å². The van der Waals surface area contributed by atoms with Gasteiger partial charge in [-0.15, -0.1) is 0 Å². The number of benzene rings is 2. The van der Waals surface area contributed by atoms with E-state index in [4.69, 9.17) is 4.74 Å². The predicted molar refractivity (Wildman–Crippen MR) is 158 cm³/mol. The van der Waals surface area contributed by atoms with E-state index in [0.717, 1.165) is 65.0 Å². The number of aromatic amines is 1. The molecule has 8 heteroatoms. The number of nitrogens with one attached hydrogen (secondary N) is 3. The molecule has 0 saturated carbocycles. The number of nitrogens with zero attached hydrogens (tertiary/aromatic N) is 3. The van der Waals surface area contributed by atoms with Gasteiger partial charge in [-0.2, -0.15) is 0 Å². The Morgan fingerprint density at radius 3 is 2.62 bits per heavy atom. The van der Waals surface area contributed by atoms with Crippen LogP contribution in [0, 0.1) is 0 Å². The lowest BCUT2D eigenvalue weighted by Gasteiger charge is -2.31. The number of anilines is 1. The fourth-order valence-electron chi connectivity index (χ4n) is 5.10. The molecule has 0 spiro atoms. The number of rotatable bonds is 8. The van der Waals surface area contributed by atoms with Crippen LogP contribution in [0.15, 0.2) is 73.3 Å². The Hall–Kier alpha value is -4.30. The first-order valence-electron chi connectivity index (χ1n) is 13.2. The van der Waals surface area contributed by atoms with Crippen molar-refractivity contribution in [1.82, 2.24) is 25.1 Å². The van der Waals surface area contributed by atoms with Gasteiger partial charge in [0.1, 0.15) is 11.4 Å². The summed E-state index contributed by atoms with van der Waals surface area (Å²) in [5.74, 6) is 1.41. The third-order valence-electron chi connectivity index (χ3n) is 7.30. The van der Waals surface area contributed by atoms with E-state index in [9.17, 15) is 4.79 Å². The van der Waals surface area contributed by atoms with E-state index in [2.05, 4.69) is 45.2 Å². The molecule has 1 fully saturated rings. The molecule has 8 nitrogen and oxygen atoms in total. The molecule has 0 bridgehead atoms. The zero-order valence-electron chi connectivity index (χ0n) is 23.0. The normalized spacial score (nSPS) is 14.3. The number of methoxy groups -OCH3 is 1. The van der Waals surface area contributed by atoms with Crippen LogP contribution in [0.2, 0.25) is 0 Å². The largest absolute Gasteiger partial charge is 0.496 e. The van der Waals surface area contributed by atoms with Gasteiger partial charge in [0.05, 0.1) is 24.2 Å². The average Bonchev–Trinajstić information content (AvgIpc) is 3.37. The molecule has 4 aromatic rings. The lowest BCUT2D eigenvalue weighted by Crippen LogP contribution is -2.41. The van der Waals surface area contributed by atoms with E-state index in [0.29, 0.717) is 23.1 Å². The Kier molecular flexibility index (Phi) is 7.56. The van der Waals surface area contributed by atoms with Crippen LogP contribution < -0.4 is 15.4 Å². The fraction of sp³-hybridized carbons (Fsp3) is 0.290. The summed E-state index contributed by atoms with van der Waals surface area (Å²) in [6.45, 7) is 6.30. The lowest BCUT2D eigenvalue weighted by atomic mass is 9.99. The van der Waals surface area contributed by atoms with Gasteiger partial charge in [0.2, 0.25) is 0 Å². The summed E-state index contributed by atoms with van der Waals surface area (Å²) < 4.78 is 5.60. The molecule has 1 amide bonds. The maximum atomic E-state index is 13.2. The topological polar surface area (TPSA) is 85.5 Å². The SMILES string of the molecule is C=C(Nc1ccc(-c2cnc3[nH]cc(-c4ccccc4OC)c3c2)cc1C(=O)N(C)C)NC1CCN(C)CC1. The summed E-state index contributed by atoms with van der Waals surface area (Å²) in [7, 11) is 7.34. The maximum Gasteiger partial charge on any atom is 0.255 e. The van der Waals surface area contributed by atoms with Crippen LogP contribution in [0.1, 0.15) is 23.2 Å². The van der Waals surface area contributed by atoms with Crippen molar-refractivity contribution in [3.63, 3.8) is 0 Å². The van der Waals surface area contributed by atoms with Gasteiger partial charge in [-0.05, 0) is 62.8 Å². The number of amides is 1. The number of pyridine rings is 1. The zero-order valence-corrected chi connectivity index (χ0v) is 23.0. The number of para-hydroxylation sites is 1. The summed E-state index contributed by atoms with van der Waals surface area (Å²) >= 11 is 0. The lowest BCUT2D eigenvalue weighted by molar-refractivity contribution is 0.0828. The van der Waals surface area contributed by atoms with E-state index in [1.165, 1.54) is 0 Å². The number of likely N-dealkylation sites (tertiary alicyclic amines) is 1. The van der Waals surface area contributed by atoms with E-state index >= 15 is 0 Å². The van der Waals surface area contributed by atoms with Gasteiger partial charge in [-0.3, -0.25) is 4.79 Å². The van der Waals surface area contributed by atoms with Crippen LogP contribution in [-0.2, 0) is 0 Å². The second kappa shape index (κ2) is 11.2. The highest BCUT2D eigenvalue weighted by atomic mass is 16.5. The third-order valence-corrected chi connectivity index (χ3v) is 7.30. The number of hydrogen-bond acceptors (Lipinski definition) is 6. The van der Waals surface area contributed by atoms with Crippen LogP contribution in [0.5, 0.6) is 5.75 Å². The minimum Gasteiger partial charge on any atom is -0.496 e. The molecule has 0 unspecified atom stereocenters. The number of hydrogen-bond donors (Lipinski definition) is 3. The van der Waals surface area contributed by atoms with Crippen molar-refractivity contribution in [2.75, 3.05) is 46.7 Å². The second-order valence-corrected chi connectivity index (χ2v) is 10.3. The number of aromatic nitrogens is 2. The molecular weight excluding hydrogens is 488 g/mol. The van der Waals surface area contributed by atoms with E-state index in [-0.39, 0.29) is 5.91 Å². The van der Waals surface area contributed by atoms with Gasteiger partial charge < -0.3 is 30.2 Å². The van der Waals surface area contributed by atoms with Crippen molar-refractivity contribution in [2.24, 2.45) is 0 Å². The van der Waals surface area contributed by atoms with Crippen LogP contribution in [0.4, 0.5) is 5.69 Å². The summed E-state index contributed by atoms with van der Waals surface area (Å²) in [6.07, 6.45) is 5.91. The highest BCUT2D eigenvalue weighted by Crippen LogP contribution is 2.36. The Labute approximate surface area is 229 Å². The molecule has 1 saturated heterocycles. The standard InChI is InChI=1S/C31H36N6O2/c1-20(34-23-12-14-37(4)15-13-23)35-28-11-10-21(16-26(28)31(38)36(2)3)22-17-25-27(19-33-30(25)32-18-22)24-8-6-7-9-29(24)39-5/h6-11,16-19,23,34-35H,1,12-15H2,2-5H3,(H,32,33). The molecule has 3 heterocycles. The van der Waals surface area contributed by atoms with Crippen molar-refractivity contribution < 1.29 is 9.53 Å². The molecule has 0 radical (unpaired) electrons. The Morgan fingerprint density at radius 2 is 1.87 bits per heavy atom. The van der Waals surface area contributed by atoms with Crippen LogP contribution in [0.25, 0.3) is 33.3 Å². The van der Waals surface area contributed by atoms with Gasteiger partial charge in [0.25, 0.3) is 5.91 Å². The highest BCUT2D eigenvalue weighted by molar-refractivity contribution is 6.02. The molecule has 202 valence electrons. The van der Waals surface area contributed by atoms with Gasteiger partial charge in [-0.25, -0.2) is 4.98 Å². The summed E-state index contributed by atoms with van der Waals surface area (Å²) in [4.78, 5) is 25.1. The molecule has 2 aromatic heterocycles. The Morgan fingerprint density at radius 1 is 1.10 bits per heavy atom. The number of H-pyrrole nitrogens is 1. The minimum atomic E-state index is -0.0863. The Balaban J connectivity index is 1.46. The quantitative estimate of drug-likeness (QED) is 0.295. The first-order valence-corrected chi connectivity index (χ1v) is 13.2. The number of carbonyl (C=O) groups excluding carboxylic acids is 1. The predicted octanol–water partition coefficient (Wildman–Crippen LogP) is 5.17. The number of fused-ring (bicyclic) bond motifs is 1. The van der Waals surface area contributed by atoms with Crippen molar-refractivity contribution in [2.45, 2.75) is 18.9 Å². The van der Waals surface area contributed by atoms with Crippen molar-refractivity contribution >= 4 is 22.6 Å². The molecule has 1 aliphatic heterocycles. The third kappa shape index (κ3) is 5.61. The van der Waals surface area contributed by atoms with E-state index in [1.807, 2.05) is 54.9 Å². The maximum absolute atomic E-state index is 13.2. The molecular formula is C31H36N6O2. The zero-order chi connectivity index (χ0) is 27.5. The number of carbonyl (C=O) groups is 1. The monoisotopic (exact) mass is 524 g/mol. The highest BCUT2D eigenvalue weighted by Gasteiger charge is 2.20. The number of ether oxygens (including phenoxy) is 1. The number of piperidine rings is 1. The van der Waals surface area contributed by atoms with Gasteiger partial charge in [0, 0.05) is 54.6 Å². The fourth-order valence-corrected chi connectivity index (χ4v) is 5.10. The first-order chi connectivity index (χ1) is 18.8. The van der Waals surface area contributed by atoms with Gasteiger partial charge in [0.15, 0.2) is 0 Å². The molecule has 5 rings (SSSR count). The van der Waals surface area contributed by atoms with Gasteiger partial charge in [-0.1, -0.05) is 30.8 Å². The second-order valence-electron chi connectivity index (χ2n) is 10.3. The van der Waals surface area contributed by atoms with E-state index in [1.54, 1.807) is 26.1 Å². The minimum absolute atomic E-state index is 0.0863. The van der Waals surface area contributed by atoms with Crippen molar-refractivity contribution in [1.29, 1.82) is 0 Å². The molecule has 3 N–H and O–H groups in total. The first kappa shape index (κ1) is 26.3. The summed E-state index contributed by atoms with van der Waals surface area (Å²) in [6, 6.07) is 16.3. The smallest absolute Gasteiger partial charge is 0.255 e. The van der Waals surface area contributed by atoms with Crippen molar-refractivity contribution in [3.05, 3.63) is 78.9 Å². The van der Waals surface area contributed by atoms with Crippen LogP contribution in [-0.4, -0.2) is 73.1 Å². The average molecular weight is 525 g/mol. The molecule has 0 atom stereocenters. The Bertz CT molecular complexity index is 1500. The summed E-state index contributed by atoms with van der Waals surface area (Å²) in [5, 5.41) is 7.83. The van der Waals surface area contributed by atoms with Gasteiger partial charge >= 0.3 is 0 Å². The van der Waals surface area contributed by atoms with Crippen molar-refractivity contribution in [3.8, 4) is 28.0 Å². The summed E-state index contributed by atoms with van der Waals surface area (Å²) in [5.41, 5.74) is 5.90.